The van der Waals surface area contributed by atoms with E-state index in [0.717, 1.165) is 22.1 Å². The van der Waals surface area contributed by atoms with Gasteiger partial charge in [-0.1, -0.05) is 11.8 Å². The van der Waals surface area contributed by atoms with Crippen LogP contribution in [0.15, 0.2) is 46.2 Å². The highest BCUT2D eigenvalue weighted by Crippen LogP contribution is 2.34. The van der Waals surface area contributed by atoms with Gasteiger partial charge in [0.15, 0.2) is 22.3 Å². The molecule has 3 heterocycles. The number of aromatic nitrogens is 3. The predicted molar refractivity (Wildman–Crippen MR) is 110 cm³/mol. The zero-order chi connectivity index (χ0) is 20.4. The Hall–Kier alpha value is -3.20. The van der Waals surface area contributed by atoms with Gasteiger partial charge in [0.25, 0.3) is 0 Å². The van der Waals surface area contributed by atoms with Crippen LogP contribution >= 0.6 is 11.8 Å². The summed E-state index contributed by atoms with van der Waals surface area (Å²) in [6.07, 6.45) is 1.58. The molecule has 0 fully saturated rings. The van der Waals surface area contributed by atoms with E-state index in [0.29, 0.717) is 29.0 Å². The van der Waals surface area contributed by atoms with E-state index in [-0.39, 0.29) is 11.7 Å². The molecule has 3 aromatic heterocycles. The first-order valence-corrected chi connectivity index (χ1v) is 9.91. The molecule has 0 aliphatic heterocycles. The Bertz CT molecular complexity index is 1170. The average Bonchev–Trinajstić information content (AvgIpc) is 3.40. The van der Waals surface area contributed by atoms with Crippen molar-refractivity contribution in [3.05, 3.63) is 47.9 Å². The molecule has 1 aromatic carbocycles. The number of carbonyl (C=O) groups excluding carboxylic acids is 1. The van der Waals surface area contributed by atoms with E-state index >= 15 is 0 Å². The van der Waals surface area contributed by atoms with Crippen LogP contribution in [-0.2, 0) is 11.3 Å². The number of hydrogen-bond acceptors (Lipinski definition) is 7. The molecule has 0 saturated carbocycles. The SMILES string of the molecule is COc1cc2cc(C)c3nnc(SCC(=O)NCc4ccco4)n3c2cc1OC. The number of benzene rings is 1. The van der Waals surface area contributed by atoms with Gasteiger partial charge in [0.05, 0.1) is 38.3 Å². The van der Waals surface area contributed by atoms with Crippen LogP contribution in [0.25, 0.3) is 16.6 Å². The van der Waals surface area contributed by atoms with Crippen molar-refractivity contribution in [2.45, 2.75) is 18.6 Å². The van der Waals surface area contributed by atoms with Crippen LogP contribution < -0.4 is 14.8 Å². The summed E-state index contributed by atoms with van der Waals surface area (Å²) < 4.78 is 18.0. The fourth-order valence-electron chi connectivity index (χ4n) is 3.11. The second kappa shape index (κ2) is 8.04. The lowest BCUT2D eigenvalue weighted by molar-refractivity contribution is -0.118. The first kappa shape index (κ1) is 19.1. The molecule has 0 aliphatic carbocycles. The van der Waals surface area contributed by atoms with Crippen LogP contribution in [-0.4, -0.2) is 40.5 Å². The summed E-state index contributed by atoms with van der Waals surface area (Å²) in [5.41, 5.74) is 2.60. The molecule has 0 atom stereocenters. The Morgan fingerprint density at radius 2 is 2.00 bits per heavy atom. The van der Waals surface area contributed by atoms with Gasteiger partial charge in [-0.05, 0) is 36.8 Å². The zero-order valence-electron chi connectivity index (χ0n) is 16.3. The average molecular weight is 412 g/mol. The lowest BCUT2D eigenvalue weighted by atomic mass is 10.1. The van der Waals surface area contributed by atoms with Gasteiger partial charge in [0, 0.05) is 11.5 Å². The standard InChI is InChI=1S/C20H20N4O4S/c1-12-7-13-8-16(26-2)17(27-3)9-15(13)24-19(12)22-23-20(24)29-11-18(25)21-10-14-5-4-6-28-14/h4-9H,10-11H2,1-3H3,(H,21,25). The summed E-state index contributed by atoms with van der Waals surface area (Å²) in [7, 11) is 3.21. The number of rotatable bonds is 7. The summed E-state index contributed by atoms with van der Waals surface area (Å²) in [6, 6.07) is 9.45. The summed E-state index contributed by atoms with van der Waals surface area (Å²) >= 11 is 1.32. The monoisotopic (exact) mass is 412 g/mol. The summed E-state index contributed by atoms with van der Waals surface area (Å²) in [5, 5.41) is 13.0. The van der Waals surface area contributed by atoms with Crippen molar-refractivity contribution in [2.75, 3.05) is 20.0 Å². The molecular formula is C20H20N4O4S. The number of pyridine rings is 1. The molecule has 8 nitrogen and oxygen atoms in total. The maximum absolute atomic E-state index is 12.2. The van der Waals surface area contributed by atoms with Gasteiger partial charge in [0.1, 0.15) is 5.76 Å². The van der Waals surface area contributed by atoms with Crippen molar-refractivity contribution in [2.24, 2.45) is 0 Å². The first-order chi connectivity index (χ1) is 14.1. The number of ether oxygens (including phenoxy) is 2. The highest BCUT2D eigenvalue weighted by molar-refractivity contribution is 7.99. The van der Waals surface area contributed by atoms with E-state index in [2.05, 4.69) is 15.5 Å². The van der Waals surface area contributed by atoms with Crippen molar-refractivity contribution in [3.63, 3.8) is 0 Å². The topological polar surface area (TPSA) is 90.9 Å². The van der Waals surface area contributed by atoms with Gasteiger partial charge in [0.2, 0.25) is 5.91 Å². The van der Waals surface area contributed by atoms with Crippen molar-refractivity contribution in [1.29, 1.82) is 0 Å². The Labute approximate surface area is 171 Å². The molecule has 0 unspecified atom stereocenters. The molecule has 0 radical (unpaired) electrons. The normalized spacial score (nSPS) is 11.1. The molecule has 0 aliphatic rings. The highest BCUT2D eigenvalue weighted by atomic mass is 32.2. The Balaban J connectivity index is 1.63. The Kier molecular flexibility index (Phi) is 5.30. The lowest BCUT2D eigenvalue weighted by Gasteiger charge is -2.12. The quantitative estimate of drug-likeness (QED) is 0.466. The molecule has 0 saturated heterocycles. The number of fused-ring (bicyclic) bond motifs is 3. The van der Waals surface area contributed by atoms with E-state index < -0.39 is 0 Å². The highest BCUT2D eigenvalue weighted by Gasteiger charge is 2.16. The number of nitrogens with one attached hydrogen (secondary N) is 1. The molecule has 1 amide bonds. The summed E-state index contributed by atoms with van der Waals surface area (Å²) in [5.74, 6) is 2.08. The van der Waals surface area contributed by atoms with E-state index in [1.165, 1.54) is 11.8 Å². The van der Waals surface area contributed by atoms with Gasteiger partial charge in [-0.3, -0.25) is 9.20 Å². The number of thioether (sulfide) groups is 1. The number of furan rings is 1. The molecule has 0 bridgehead atoms. The molecule has 4 aromatic rings. The second-order valence-electron chi connectivity index (χ2n) is 6.38. The van der Waals surface area contributed by atoms with Crippen molar-refractivity contribution in [3.8, 4) is 11.5 Å². The van der Waals surface area contributed by atoms with E-state index in [1.807, 2.05) is 35.6 Å². The molecule has 1 N–H and O–H groups in total. The molecule has 9 heteroatoms. The van der Waals surface area contributed by atoms with Crippen LogP contribution in [0.5, 0.6) is 11.5 Å². The van der Waals surface area contributed by atoms with E-state index in [1.54, 1.807) is 26.5 Å². The van der Waals surface area contributed by atoms with Crippen molar-refractivity contribution in [1.82, 2.24) is 19.9 Å². The number of aryl methyl sites for hydroxylation is 1. The van der Waals surface area contributed by atoms with E-state index in [4.69, 9.17) is 13.9 Å². The maximum atomic E-state index is 12.2. The molecule has 29 heavy (non-hydrogen) atoms. The van der Waals surface area contributed by atoms with Crippen LogP contribution in [0.4, 0.5) is 0 Å². The second-order valence-corrected chi connectivity index (χ2v) is 7.32. The van der Waals surface area contributed by atoms with Crippen molar-refractivity contribution < 1.29 is 18.7 Å². The fraction of sp³-hybridized carbons (Fsp3) is 0.250. The van der Waals surface area contributed by atoms with E-state index in [9.17, 15) is 4.79 Å². The minimum Gasteiger partial charge on any atom is -0.493 e. The van der Waals surface area contributed by atoms with Gasteiger partial charge >= 0.3 is 0 Å². The fourth-order valence-corrected chi connectivity index (χ4v) is 3.88. The number of hydrogen-bond donors (Lipinski definition) is 1. The number of methoxy groups -OCH3 is 2. The lowest BCUT2D eigenvalue weighted by Crippen LogP contribution is -2.24. The Morgan fingerprint density at radius 3 is 2.72 bits per heavy atom. The van der Waals surface area contributed by atoms with Crippen LogP contribution in [0.1, 0.15) is 11.3 Å². The van der Waals surface area contributed by atoms with Crippen LogP contribution in [0.3, 0.4) is 0 Å². The zero-order valence-corrected chi connectivity index (χ0v) is 17.1. The van der Waals surface area contributed by atoms with Gasteiger partial charge < -0.3 is 19.2 Å². The third-order valence-electron chi connectivity index (χ3n) is 4.50. The molecule has 4 rings (SSSR count). The van der Waals surface area contributed by atoms with Gasteiger partial charge in [-0.15, -0.1) is 10.2 Å². The number of nitrogens with zero attached hydrogens (tertiary/aromatic N) is 3. The predicted octanol–water partition coefficient (Wildman–Crippen LogP) is 3.21. The maximum Gasteiger partial charge on any atom is 0.230 e. The summed E-state index contributed by atoms with van der Waals surface area (Å²) in [4.78, 5) is 12.2. The van der Waals surface area contributed by atoms with Crippen LogP contribution in [0.2, 0.25) is 0 Å². The smallest absolute Gasteiger partial charge is 0.230 e. The van der Waals surface area contributed by atoms with Crippen molar-refractivity contribution >= 4 is 34.2 Å². The van der Waals surface area contributed by atoms with Gasteiger partial charge in [-0.25, -0.2) is 0 Å². The molecule has 0 spiro atoms. The number of amides is 1. The summed E-state index contributed by atoms with van der Waals surface area (Å²) in [6.45, 7) is 2.33. The molecule has 150 valence electrons. The van der Waals surface area contributed by atoms with Gasteiger partial charge in [-0.2, -0.15) is 0 Å². The minimum atomic E-state index is -0.112. The third-order valence-corrected chi connectivity index (χ3v) is 5.43. The van der Waals surface area contributed by atoms with Crippen LogP contribution in [0, 0.1) is 6.92 Å². The first-order valence-electron chi connectivity index (χ1n) is 8.93. The minimum absolute atomic E-state index is 0.112. The molecular weight excluding hydrogens is 392 g/mol. The number of carbonyl (C=O) groups is 1. The Morgan fingerprint density at radius 1 is 1.21 bits per heavy atom. The third kappa shape index (κ3) is 3.73. The largest absolute Gasteiger partial charge is 0.493 e.